The highest BCUT2D eigenvalue weighted by molar-refractivity contribution is 5.81. The van der Waals surface area contributed by atoms with Crippen LogP contribution in [0, 0.1) is 24.2 Å². The fraction of sp³-hybridized carbons (Fsp3) is 0.556. The number of carbonyl (C=O) groups is 1. The molecule has 1 fully saturated rings. The highest BCUT2D eigenvalue weighted by atomic mass is 16.5. The molecule has 0 N–H and O–H groups in total. The molecule has 1 unspecified atom stereocenters. The van der Waals surface area contributed by atoms with Gasteiger partial charge in [0.05, 0.1) is 12.7 Å². The summed E-state index contributed by atoms with van der Waals surface area (Å²) >= 11 is 0. The van der Waals surface area contributed by atoms with E-state index in [9.17, 15) is 10.1 Å². The van der Waals surface area contributed by atoms with Gasteiger partial charge in [0.2, 0.25) is 5.91 Å². The third-order valence-corrected chi connectivity index (χ3v) is 4.04. The monoisotopic (exact) mass is 300 g/mol. The molecule has 1 aromatic carbocycles. The van der Waals surface area contributed by atoms with E-state index >= 15 is 0 Å². The van der Waals surface area contributed by atoms with Gasteiger partial charge in [-0.25, -0.2) is 0 Å². The van der Waals surface area contributed by atoms with Gasteiger partial charge in [0, 0.05) is 19.5 Å². The van der Waals surface area contributed by atoms with Crippen LogP contribution in [-0.4, -0.2) is 30.5 Å². The van der Waals surface area contributed by atoms with Gasteiger partial charge in [-0.15, -0.1) is 0 Å². The van der Waals surface area contributed by atoms with Gasteiger partial charge in [-0.1, -0.05) is 25.0 Å². The van der Waals surface area contributed by atoms with Crippen molar-refractivity contribution >= 4 is 5.91 Å². The van der Waals surface area contributed by atoms with Gasteiger partial charge in [-0.05, 0) is 37.5 Å². The van der Waals surface area contributed by atoms with Gasteiger partial charge in [0.15, 0.2) is 0 Å². The third kappa shape index (κ3) is 4.77. The summed E-state index contributed by atoms with van der Waals surface area (Å²) in [5.74, 6) is 0.166. The maximum absolute atomic E-state index is 12.4. The van der Waals surface area contributed by atoms with Crippen LogP contribution in [0.4, 0.5) is 0 Å². The topological polar surface area (TPSA) is 53.3 Å². The van der Waals surface area contributed by atoms with E-state index in [0.29, 0.717) is 13.0 Å². The molecule has 2 rings (SSSR count). The first-order chi connectivity index (χ1) is 10.7. The van der Waals surface area contributed by atoms with Crippen LogP contribution in [0.2, 0.25) is 0 Å². The lowest BCUT2D eigenvalue weighted by Gasteiger charge is -2.22. The summed E-state index contributed by atoms with van der Waals surface area (Å²) in [6.07, 6.45) is 4.89. The number of ether oxygens (including phenoxy) is 1. The molecule has 1 aliphatic rings. The average Bonchev–Trinajstić information content (AvgIpc) is 2.80. The van der Waals surface area contributed by atoms with Gasteiger partial charge in [0.1, 0.15) is 11.7 Å². The molecule has 0 saturated carbocycles. The van der Waals surface area contributed by atoms with Crippen molar-refractivity contribution in [1.29, 1.82) is 5.26 Å². The van der Waals surface area contributed by atoms with Crippen molar-refractivity contribution in [2.24, 2.45) is 5.92 Å². The molecule has 0 radical (unpaired) electrons. The quantitative estimate of drug-likeness (QED) is 0.838. The zero-order valence-electron chi connectivity index (χ0n) is 13.3. The Bertz CT molecular complexity index is 528. The Labute approximate surface area is 132 Å². The van der Waals surface area contributed by atoms with Crippen molar-refractivity contribution in [2.75, 3.05) is 19.7 Å². The van der Waals surface area contributed by atoms with Crippen LogP contribution in [0.15, 0.2) is 24.3 Å². The van der Waals surface area contributed by atoms with Crippen LogP contribution >= 0.6 is 0 Å². The molecule has 1 aromatic rings. The van der Waals surface area contributed by atoms with E-state index in [0.717, 1.165) is 37.2 Å². The minimum absolute atomic E-state index is 0.0303. The third-order valence-electron chi connectivity index (χ3n) is 4.04. The van der Waals surface area contributed by atoms with Crippen molar-refractivity contribution in [2.45, 2.75) is 39.0 Å². The summed E-state index contributed by atoms with van der Waals surface area (Å²) in [4.78, 5) is 14.3. The summed E-state index contributed by atoms with van der Waals surface area (Å²) in [7, 11) is 0. The number of nitrogens with zero attached hydrogens (tertiary/aromatic N) is 2. The smallest absolute Gasteiger partial charge is 0.240 e. The van der Waals surface area contributed by atoms with E-state index in [1.54, 1.807) is 0 Å². The van der Waals surface area contributed by atoms with Gasteiger partial charge >= 0.3 is 0 Å². The standard InChI is InChI=1S/C18H24N2O2/c1-15-7-6-8-17(13-15)22-12-9-16(14-19)18(21)20-10-4-2-3-5-11-20/h6-8,13,16H,2-5,9-12H2,1H3. The second kappa shape index (κ2) is 8.43. The largest absolute Gasteiger partial charge is 0.494 e. The minimum atomic E-state index is -0.595. The highest BCUT2D eigenvalue weighted by Gasteiger charge is 2.24. The van der Waals surface area contributed by atoms with Gasteiger partial charge < -0.3 is 9.64 Å². The van der Waals surface area contributed by atoms with Crippen LogP contribution in [0.3, 0.4) is 0 Å². The molecule has 4 nitrogen and oxygen atoms in total. The number of hydrogen-bond acceptors (Lipinski definition) is 3. The average molecular weight is 300 g/mol. The number of hydrogen-bond donors (Lipinski definition) is 0. The molecule has 22 heavy (non-hydrogen) atoms. The molecule has 0 spiro atoms. The normalized spacial score (nSPS) is 16.5. The molecule has 0 aromatic heterocycles. The number of rotatable bonds is 5. The molecule has 1 aliphatic heterocycles. The summed E-state index contributed by atoms with van der Waals surface area (Å²) < 4.78 is 5.66. The first-order valence-electron chi connectivity index (χ1n) is 8.08. The van der Waals surface area contributed by atoms with E-state index in [-0.39, 0.29) is 5.91 Å². The van der Waals surface area contributed by atoms with Crippen molar-refractivity contribution in [3.63, 3.8) is 0 Å². The van der Waals surface area contributed by atoms with Crippen molar-refractivity contribution in [1.82, 2.24) is 4.90 Å². The molecule has 1 amide bonds. The number of aryl methyl sites for hydroxylation is 1. The van der Waals surface area contributed by atoms with Gasteiger partial charge in [-0.3, -0.25) is 4.79 Å². The first-order valence-corrected chi connectivity index (χ1v) is 8.08. The second-order valence-electron chi connectivity index (χ2n) is 5.87. The summed E-state index contributed by atoms with van der Waals surface area (Å²) in [5.41, 5.74) is 1.13. The summed E-state index contributed by atoms with van der Waals surface area (Å²) in [6, 6.07) is 9.94. The lowest BCUT2D eigenvalue weighted by molar-refractivity contribution is -0.134. The summed E-state index contributed by atoms with van der Waals surface area (Å²) in [6.45, 7) is 3.97. The zero-order valence-corrected chi connectivity index (χ0v) is 13.3. The Morgan fingerprint density at radius 2 is 2.05 bits per heavy atom. The van der Waals surface area contributed by atoms with E-state index in [1.807, 2.05) is 36.1 Å². The molecule has 1 saturated heterocycles. The van der Waals surface area contributed by atoms with Gasteiger partial charge in [-0.2, -0.15) is 5.26 Å². The van der Waals surface area contributed by atoms with Gasteiger partial charge in [0.25, 0.3) is 0 Å². The first kappa shape index (κ1) is 16.4. The Morgan fingerprint density at radius 1 is 1.32 bits per heavy atom. The molecule has 1 heterocycles. The Hall–Kier alpha value is -2.02. The van der Waals surface area contributed by atoms with Crippen LogP contribution < -0.4 is 4.74 Å². The molecule has 1 atom stereocenters. The number of benzene rings is 1. The fourth-order valence-electron chi connectivity index (χ4n) is 2.75. The lowest BCUT2D eigenvalue weighted by atomic mass is 10.1. The zero-order chi connectivity index (χ0) is 15.8. The molecule has 0 aliphatic carbocycles. The number of likely N-dealkylation sites (tertiary alicyclic amines) is 1. The number of carbonyl (C=O) groups excluding carboxylic acids is 1. The molecule has 0 bridgehead atoms. The van der Waals surface area contributed by atoms with Crippen molar-refractivity contribution < 1.29 is 9.53 Å². The maximum Gasteiger partial charge on any atom is 0.240 e. The van der Waals surface area contributed by atoms with E-state index in [4.69, 9.17) is 4.74 Å². The van der Waals surface area contributed by atoms with Crippen LogP contribution in [0.5, 0.6) is 5.75 Å². The van der Waals surface area contributed by atoms with Crippen LogP contribution in [0.1, 0.15) is 37.7 Å². The molecule has 118 valence electrons. The van der Waals surface area contributed by atoms with Crippen molar-refractivity contribution in [3.05, 3.63) is 29.8 Å². The Kier molecular flexibility index (Phi) is 6.27. The Balaban J connectivity index is 1.83. The fourth-order valence-corrected chi connectivity index (χ4v) is 2.75. The molecular weight excluding hydrogens is 276 g/mol. The second-order valence-corrected chi connectivity index (χ2v) is 5.87. The highest BCUT2D eigenvalue weighted by Crippen LogP contribution is 2.16. The van der Waals surface area contributed by atoms with Crippen LogP contribution in [0.25, 0.3) is 0 Å². The van der Waals surface area contributed by atoms with E-state index in [1.165, 1.54) is 12.8 Å². The molecular formula is C18H24N2O2. The molecule has 4 heteroatoms. The van der Waals surface area contributed by atoms with E-state index < -0.39 is 5.92 Å². The number of nitriles is 1. The Morgan fingerprint density at radius 3 is 2.68 bits per heavy atom. The van der Waals surface area contributed by atoms with Crippen LogP contribution in [-0.2, 0) is 4.79 Å². The SMILES string of the molecule is Cc1cccc(OCCC(C#N)C(=O)N2CCCCCC2)c1. The van der Waals surface area contributed by atoms with Crippen molar-refractivity contribution in [3.8, 4) is 11.8 Å². The summed E-state index contributed by atoms with van der Waals surface area (Å²) in [5, 5.41) is 9.29. The lowest BCUT2D eigenvalue weighted by Crippen LogP contribution is -2.37. The minimum Gasteiger partial charge on any atom is -0.494 e. The predicted molar refractivity (Wildman–Crippen MR) is 85.4 cm³/mol. The van der Waals surface area contributed by atoms with E-state index in [2.05, 4.69) is 6.07 Å². The maximum atomic E-state index is 12.4. The predicted octanol–water partition coefficient (Wildman–Crippen LogP) is 3.31. The number of amides is 1.